The molecule has 2 N–H and O–H groups in total. The molecule has 1 aromatic carbocycles. The standard InChI is InChI=1S/C15H14N2O2/c18-12-6-2-1-5-11(12)14(19)17-15(8-9-15)13-7-3-4-10-16-13/h1-7,10,18H,8-9H2,(H,17,19). The van der Waals surface area contributed by atoms with E-state index in [-0.39, 0.29) is 17.2 Å². The second kappa shape index (κ2) is 4.39. The molecule has 0 radical (unpaired) electrons. The summed E-state index contributed by atoms with van der Waals surface area (Å²) in [5.74, 6) is -0.266. The van der Waals surface area contributed by atoms with E-state index in [1.54, 1.807) is 24.4 Å². The van der Waals surface area contributed by atoms with Gasteiger partial charge in [0.05, 0.1) is 16.8 Å². The van der Waals surface area contributed by atoms with Crippen LogP contribution in [0.15, 0.2) is 48.7 Å². The summed E-state index contributed by atoms with van der Waals surface area (Å²) in [6.07, 6.45) is 3.48. The summed E-state index contributed by atoms with van der Waals surface area (Å²) in [6.45, 7) is 0. The van der Waals surface area contributed by atoms with Crippen molar-refractivity contribution in [3.63, 3.8) is 0 Å². The van der Waals surface area contributed by atoms with E-state index in [1.165, 1.54) is 6.07 Å². The number of nitrogens with one attached hydrogen (secondary N) is 1. The average molecular weight is 254 g/mol. The van der Waals surface area contributed by atoms with Crippen molar-refractivity contribution in [3.05, 3.63) is 59.9 Å². The Morgan fingerprint density at radius 3 is 2.53 bits per heavy atom. The number of phenolic OH excluding ortho intramolecular Hbond substituents is 1. The number of aromatic hydroxyl groups is 1. The quantitative estimate of drug-likeness (QED) is 0.882. The van der Waals surface area contributed by atoms with Gasteiger partial charge in [-0.25, -0.2) is 0 Å². The number of nitrogens with zero attached hydrogens (tertiary/aromatic N) is 1. The molecule has 1 heterocycles. The normalized spacial score (nSPS) is 15.8. The number of pyridine rings is 1. The maximum atomic E-state index is 12.2. The van der Waals surface area contributed by atoms with E-state index in [1.807, 2.05) is 18.2 Å². The molecule has 4 nitrogen and oxygen atoms in total. The number of carbonyl (C=O) groups is 1. The highest BCUT2D eigenvalue weighted by atomic mass is 16.3. The number of amides is 1. The zero-order valence-electron chi connectivity index (χ0n) is 10.3. The van der Waals surface area contributed by atoms with Gasteiger partial charge in [0.2, 0.25) is 0 Å². The molecular weight excluding hydrogens is 240 g/mol. The summed E-state index contributed by atoms with van der Waals surface area (Å²) < 4.78 is 0. The number of carbonyl (C=O) groups excluding carboxylic acids is 1. The lowest BCUT2D eigenvalue weighted by atomic mass is 10.1. The van der Waals surface area contributed by atoms with Crippen molar-refractivity contribution in [1.29, 1.82) is 0 Å². The molecular formula is C15H14N2O2. The summed E-state index contributed by atoms with van der Waals surface area (Å²) in [4.78, 5) is 16.5. The van der Waals surface area contributed by atoms with Crippen LogP contribution in [0.1, 0.15) is 28.9 Å². The van der Waals surface area contributed by atoms with Gasteiger partial charge in [-0.2, -0.15) is 0 Å². The minimum absolute atomic E-state index is 0.00294. The van der Waals surface area contributed by atoms with Crippen LogP contribution in [0.4, 0.5) is 0 Å². The van der Waals surface area contributed by atoms with E-state index < -0.39 is 0 Å². The lowest BCUT2D eigenvalue weighted by molar-refractivity contribution is 0.0927. The van der Waals surface area contributed by atoms with Crippen LogP contribution in [-0.2, 0) is 5.54 Å². The van der Waals surface area contributed by atoms with Gasteiger partial charge in [-0.3, -0.25) is 9.78 Å². The van der Waals surface area contributed by atoms with Crippen molar-refractivity contribution in [1.82, 2.24) is 10.3 Å². The van der Waals surface area contributed by atoms with Gasteiger partial charge in [-0.1, -0.05) is 18.2 Å². The van der Waals surface area contributed by atoms with Crippen molar-refractivity contribution < 1.29 is 9.90 Å². The largest absolute Gasteiger partial charge is 0.507 e. The second-order valence-corrected chi connectivity index (χ2v) is 4.77. The molecule has 1 aliphatic carbocycles. The van der Waals surface area contributed by atoms with Crippen LogP contribution in [0.5, 0.6) is 5.75 Å². The summed E-state index contributed by atoms with van der Waals surface area (Å²) in [6, 6.07) is 12.2. The molecule has 1 aromatic heterocycles. The van der Waals surface area contributed by atoms with Crippen LogP contribution in [0, 0.1) is 0 Å². The number of aromatic nitrogens is 1. The Bertz CT molecular complexity index is 607. The highest BCUT2D eigenvalue weighted by molar-refractivity contribution is 5.97. The van der Waals surface area contributed by atoms with E-state index in [9.17, 15) is 9.90 Å². The van der Waals surface area contributed by atoms with Crippen LogP contribution < -0.4 is 5.32 Å². The fraction of sp³-hybridized carbons (Fsp3) is 0.200. The Labute approximate surface area is 111 Å². The highest BCUT2D eigenvalue weighted by Gasteiger charge is 2.47. The zero-order valence-corrected chi connectivity index (χ0v) is 10.3. The van der Waals surface area contributed by atoms with Crippen LogP contribution in [0.3, 0.4) is 0 Å². The maximum absolute atomic E-state index is 12.2. The molecule has 0 bridgehead atoms. The number of phenols is 1. The smallest absolute Gasteiger partial charge is 0.255 e. The molecule has 1 saturated carbocycles. The summed E-state index contributed by atoms with van der Waals surface area (Å²) in [5.41, 5.74) is 0.809. The van der Waals surface area contributed by atoms with E-state index in [2.05, 4.69) is 10.3 Å². The van der Waals surface area contributed by atoms with Crippen LogP contribution in [0.25, 0.3) is 0 Å². The predicted molar refractivity (Wildman–Crippen MR) is 70.7 cm³/mol. The van der Waals surface area contributed by atoms with Gasteiger partial charge in [0.25, 0.3) is 5.91 Å². The first-order valence-electron chi connectivity index (χ1n) is 6.23. The number of para-hydroxylation sites is 1. The highest BCUT2D eigenvalue weighted by Crippen LogP contribution is 2.44. The molecule has 1 aliphatic rings. The molecule has 0 aliphatic heterocycles. The Hall–Kier alpha value is -2.36. The van der Waals surface area contributed by atoms with Gasteiger partial charge in [0, 0.05) is 6.20 Å². The fourth-order valence-corrected chi connectivity index (χ4v) is 2.17. The first kappa shape index (κ1) is 11.7. The first-order chi connectivity index (χ1) is 9.21. The monoisotopic (exact) mass is 254 g/mol. The van der Waals surface area contributed by atoms with Crippen LogP contribution >= 0.6 is 0 Å². The van der Waals surface area contributed by atoms with Crippen molar-refractivity contribution in [3.8, 4) is 5.75 Å². The van der Waals surface area contributed by atoms with Gasteiger partial charge in [-0.05, 0) is 37.1 Å². The number of benzene rings is 1. The minimum Gasteiger partial charge on any atom is -0.507 e. The third-order valence-corrected chi connectivity index (χ3v) is 3.41. The molecule has 19 heavy (non-hydrogen) atoms. The molecule has 2 aromatic rings. The maximum Gasteiger partial charge on any atom is 0.255 e. The predicted octanol–water partition coefficient (Wildman–Crippen LogP) is 2.21. The zero-order chi connectivity index (χ0) is 13.3. The van der Waals surface area contributed by atoms with Gasteiger partial charge in [0.15, 0.2) is 0 Å². The third kappa shape index (κ3) is 2.17. The molecule has 0 unspecified atom stereocenters. The molecule has 0 spiro atoms. The summed E-state index contributed by atoms with van der Waals surface area (Å²) in [7, 11) is 0. The van der Waals surface area contributed by atoms with E-state index in [4.69, 9.17) is 0 Å². The van der Waals surface area contributed by atoms with Crippen molar-refractivity contribution in [2.75, 3.05) is 0 Å². The van der Waals surface area contributed by atoms with Gasteiger partial charge in [-0.15, -0.1) is 0 Å². The number of hydrogen-bond acceptors (Lipinski definition) is 3. The number of hydrogen-bond donors (Lipinski definition) is 2. The molecule has 1 amide bonds. The van der Waals surface area contributed by atoms with Gasteiger partial charge >= 0.3 is 0 Å². The molecule has 0 atom stereocenters. The van der Waals surface area contributed by atoms with E-state index >= 15 is 0 Å². The van der Waals surface area contributed by atoms with Crippen LogP contribution in [-0.4, -0.2) is 16.0 Å². The van der Waals surface area contributed by atoms with Crippen molar-refractivity contribution >= 4 is 5.91 Å². The lowest BCUT2D eigenvalue weighted by Crippen LogP contribution is -2.35. The Kier molecular flexibility index (Phi) is 2.71. The Morgan fingerprint density at radius 2 is 1.89 bits per heavy atom. The third-order valence-electron chi connectivity index (χ3n) is 3.41. The average Bonchev–Trinajstić information content (AvgIpc) is 3.21. The lowest BCUT2D eigenvalue weighted by Gasteiger charge is -2.17. The summed E-state index contributed by atoms with van der Waals surface area (Å²) in [5, 5.41) is 12.7. The van der Waals surface area contributed by atoms with Gasteiger partial charge < -0.3 is 10.4 Å². The van der Waals surface area contributed by atoms with Crippen molar-refractivity contribution in [2.24, 2.45) is 0 Å². The minimum atomic E-state index is -0.360. The molecule has 1 fully saturated rings. The second-order valence-electron chi connectivity index (χ2n) is 4.77. The topological polar surface area (TPSA) is 62.2 Å². The number of rotatable bonds is 3. The van der Waals surface area contributed by atoms with E-state index in [0.717, 1.165) is 18.5 Å². The summed E-state index contributed by atoms with van der Waals surface area (Å²) >= 11 is 0. The fourth-order valence-electron chi connectivity index (χ4n) is 2.17. The molecule has 0 saturated heterocycles. The molecule has 96 valence electrons. The molecule has 3 rings (SSSR count). The SMILES string of the molecule is O=C(NC1(c2ccccn2)CC1)c1ccccc1O. The van der Waals surface area contributed by atoms with Crippen molar-refractivity contribution in [2.45, 2.75) is 18.4 Å². The van der Waals surface area contributed by atoms with Gasteiger partial charge in [0.1, 0.15) is 5.75 Å². The Morgan fingerprint density at radius 1 is 1.16 bits per heavy atom. The van der Waals surface area contributed by atoms with Crippen LogP contribution in [0.2, 0.25) is 0 Å². The molecule has 4 heteroatoms. The Balaban J connectivity index is 1.83. The first-order valence-corrected chi connectivity index (χ1v) is 6.23. The van der Waals surface area contributed by atoms with E-state index in [0.29, 0.717) is 5.56 Å².